The molecule has 10 heteroatoms. The number of aromatic amines is 1. The molecule has 0 atom stereocenters. The fourth-order valence-corrected chi connectivity index (χ4v) is 3.02. The Morgan fingerprint density at radius 3 is 2.96 bits per heavy atom. The molecule has 3 aromatic rings. The molecule has 1 aliphatic heterocycles. The van der Waals surface area contributed by atoms with E-state index in [-0.39, 0.29) is 11.9 Å². The van der Waals surface area contributed by atoms with Crippen LogP contribution >= 0.6 is 0 Å². The standard InChI is InChI=1S/C15H18N8O2/c1-9-7-10(21-25-9)14(24)23-4-2-3-22(5-6-23)13-11-12(18-8-17-11)19-15(16)20-13/h7-8H,2-6H2,1H3,(H3,16,17,18,19,20). The van der Waals surface area contributed by atoms with Crippen LogP contribution in [-0.4, -0.2) is 62.1 Å². The highest BCUT2D eigenvalue weighted by Crippen LogP contribution is 2.23. The number of rotatable bonds is 2. The number of hydrogen-bond acceptors (Lipinski definition) is 8. The first kappa shape index (κ1) is 15.4. The van der Waals surface area contributed by atoms with E-state index in [0.29, 0.717) is 42.6 Å². The van der Waals surface area contributed by atoms with Gasteiger partial charge in [0.05, 0.1) is 6.33 Å². The zero-order chi connectivity index (χ0) is 17.4. The van der Waals surface area contributed by atoms with Gasteiger partial charge in [-0.2, -0.15) is 9.97 Å². The molecule has 1 fully saturated rings. The van der Waals surface area contributed by atoms with Gasteiger partial charge in [0.25, 0.3) is 5.91 Å². The van der Waals surface area contributed by atoms with Crippen LogP contribution in [0, 0.1) is 6.92 Å². The normalized spacial score (nSPS) is 15.6. The van der Waals surface area contributed by atoms with E-state index in [1.807, 2.05) is 0 Å². The topological polar surface area (TPSA) is 130 Å². The Bertz CT molecular complexity index is 917. The Morgan fingerprint density at radius 2 is 2.16 bits per heavy atom. The molecule has 4 heterocycles. The first-order valence-corrected chi connectivity index (χ1v) is 8.06. The second-order valence-corrected chi connectivity index (χ2v) is 5.96. The highest BCUT2D eigenvalue weighted by molar-refractivity contribution is 5.92. The van der Waals surface area contributed by atoms with Gasteiger partial charge in [0.2, 0.25) is 5.95 Å². The predicted octanol–water partition coefficient (Wildman–Crippen LogP) is 0.584. The lowest BCUT2D eigenvalue weighted by Gasteiger charge is -2.22. The lowest BCUT2D eigenvalue weighted by atomic mass is 10.3. The van der Waals surface area contributed by atoms with Crippen molar-refractivity contribution in [1.29, 1.82) is 0 Å². The molecule has 0 aromatic carbocycles. The van der Waals surface area contributed by atoms with Crippen LogP contribution in [0.2, 0.25) is 0 Å². The molecule has 0 spiro atoms. The third kappa shape index (κ3) is 2.86. The number of aromatic nitrogens is 5. The molecule has 25 heavy (non-hydrogen) atoms. The highest BCUT2D eigenvalue weighted by atomic mass is 16.5. The number of fused-ring (bicyclic) bond motifs is 1. The number of amides is 1. The van der Waals surface area contributed by atoms with Crippen LogP contribution in [0.25, 0.3) is 11.2 Å². The molecular formula is C15H18N8O2. The van der Waals surface area contributed by atoms with Crippen molar-refractivity contribution in [2.24, 2.45) is 0 Å². The summed E-state index contributed by atoms with van der Waals surface area (Å²) in [6.45, 7) is 4.36. The van der Waals surface area contributed by atoms with Gasteiger partial charge in [-0.3, -0.25) is 4.79 Å². The molecule has 1 amide bonds. The lowest BCUT2D eigenvalue weighted by molar-refractivity contribution is 0.0756. The molecule has 1 saturated heterocycles. The first-order valence-electron chi connectivity index (χ1n) is 8.06. The number of hydrogen-bond donors (Lipinski definition) is 2. The van der Waals surface area contributed by atoms with E-state index in [1.54, 1.807) is 24.2 Å². The third-order valence-electron chi connectivity index (χ3n) is 4.21. The van der Waals surface area contributed by atoms with Crippen molar-refractivity contribution in [3.8, 4) is 0 Å². The zero-order valence-corrected chi connectivity index (χ0v) is 13.8. The Morgan fingerprint density at radius 1 is 1.28 bits per heavy atom. The summed E-state index contributed by atoms with van der Waals surface area (Å²) in [6, 6.07) is 1.66. The van der Waals surface area contributed by atoms with Crippen molar-refractivity contribution in [1.82, 2.24) is 30.0 Å². The zero-order valence-electron chi connectivity index (χ0n) is 13.8. The van der Waals surface area contributed by atoms with Gasteiger partial charge in [0.15, 0.2) is 17.2 Å². The smallest absolute Gasteiger partial charge is 0.276 e. The average molecular weight is 342 g/mol. The fraction of sp³-hybridized carbons (Fsp3) is 0.400. The molecule has 3 aromatic heterocycles. The average Bonchev–Trinajstić information content (AvgIpc) is 3.16. The van der Waals surface area contributed by atoms with Gasteiger partial charge >= 0.3 is 0 Å². The highest BCUT2D eigenvalue weighted by Gasteiger charge is 2.24. The van der Waals surface area contributed by atoms with Crippen molar-refractivity contribution in [3.63, 3.8) is 0 Å². The van der Waals surface area contributed by atoms with E-state index in [4.69, 9.17) is 10.3 Å². The van der Waals surface area contributed by atoms with E-state index in [2.05, 4.69) is 30.0 Å². The van der Waals surface area contributed by atoms with Crippen molar-refractivity contribution in [2.45, 2.75) is 13.3 Å². The van der Waals surface area contributed by atoms with Crippen LogP contribution in [-0.2, 0) is 0 Å². The molecule has 0 unspecified atom stereocenters. The van der Waals surface area contributed by atoms with Crippen molar-refractivity contribution < 1.29 is 9.32 Å². The van der Waals surface area contributed by atoms with Crippen LogP contribution in [0.1, 0.15) is 22.7 Å². The number of nitrogens with one attached hydrogen (secondary N) is 1. The van der Waals surface area contributed by atoms with Gasteiger partial charge < -0.3 is 25.0 Å². The Kier molecular flexibility index (Phi) is 3.71. The van der Waals surface area contributed by atoms with Crippen LogP contribution < -0.4 is 10.6 Å². The predicted molar refractivity (Wildman–Crippen MR) is 90.1 cm³/mol. The second-order valence-electron chi connectivity index (χ2n) is 5.96. The van der Waals surface area contributed by atoms with Crippen LogP contribution in [0.5, 0.6) is 0 Å². The number of H-pyrrole nitrogens is 1. The minimum Gasteiger partial charge on any atom is -0.368 e. The summed E-state index contributed by atoms with van der Waals surface area (Å²) in [7, 11) is 0. The molecule has 10 nitrogen and oxygen atoms in total. The molecule has 4 rings (SSSR count). The van der Waals surface area contributed by atoms with Gasteiger partial charge in [-0.1, -0.05) is 5.16 Å². The molecule has 0 radical (unpaired) electrons. The number of nitrogen functional groups attached to an aromatic ring is 1. The van der Waals surface area contributed by atoms with E-state index >= 15 is 0 Å². The maximum absolute atomic E-state index is 12.6. The Balaban J connectivity index is 1.55. The van der Waals surface area contributed by atoms with E-state index < -0.39 is 0 Å². The second kappa shape index (κ2) is 6.04. The maximum atomic E-state index is 12.6. The molecular weight excluding hydrogens is 324 g/mol. The number of imidazole rings is 1. The minimum atomic E-state index is -0.118. The number of aryl methyl sites for hydroxylation is 1. The van der Waals surface area contributed by atoms with Gasteiger partial charge in [-0.05, 0) is 13.3 Å². The quantitative estimate of drug-likeness (QED) is 0.692. The number of nitrogens with zero attached hydrogens (tertiary/aromatic N) is 6. The molecule has 3 N–H and O–H groups in total. The maximum Gasteiger partial charge on any atom is 0.276 e. The fourth-order valence-electron chi connectivity index (χ4n) is 3.02. The Hall–Kier alpha value is -3.17. The first-order chi connectivity index (χ1) is 12.1. The number of nitrogens with two attached hydrogens (primary N) is 1. The van der Waals surface area contributed by atoms with Gasteiger partial charge in [0.1, 0.15) is 11.3 Å². The summed E-state index contributed by atoms with van der Waals surface area (Å²) in [5.74, 6) is 1.40. The van der Waals surface area contributed by atoms with Gasteiger partial charge in [-0.25, -0.2) is 4.98 Å². The van der Waals surface area contributed by atoms with E-state index in [1.165, 1.54) is 0 Å². The largest absolute Gasteiger partial charge is 0.368 e. The summed E-state index contributed by atoms with van der Waals surface area (Å²) >= 11 is 0. The molecule has 0 saturated carbocycles. The van der Waals surface area contributed by atoms with Gasteiger partial charge in [0, 0.05) is 32.2 Å². The van der Waals surface area contributed by atoms with E-state index in [0.717, 1.165) is 18.5 Å². The minimum absolute atomic E-state index is 0.118. The van der Waals surface area contributed by atoms with Gasteiger partial charge in [-0.15, -0.1) is 0 Å². The summed E-state index contributed by atoms with van der Waals surface area (Å²) in [4.78, 5) is 32.1. The summed E-state index contributed by atoms with van der Waals surface area (Å²) in [6.07, 6.45) is 2.38. The van der Waals surface area contributed by atoms with Crippen LogP contribution in [0.15, 0.2) is 16.9 Å². The van der Waals surface area contributed by atoms with Crippen LogP contribution in [0.4, 0.5) is 11.8 Å². The summed E-state index contributed by atoms with van der Waals surface area (Å²) < 4.78 is 5.00. The molecule has 130 valence electrons. The van der Waals surface area contributed by atoms with Crippen LogP contribution in [0.3, 0.4) is 0 Å². The third-order valence-corrected chi connectivity index (χ3v) is 4.21. The number of carbonyl (C=O) groups is 1. The summed E-state index contributed by atoms with van der Waals surface area (Å²) in [5, 5.41) is 3.81. The summed E-state index contributed by atoms with van der Waals surface area (Å²) in [5.41, 5.74) is 7.43. The molecule has 0 bridgehead atoms. The number of carbonyl (C=O) groups excluding carboxylic acids is 1. The SMILES string of the molecule is Cc1cc(C(=O)N2CCCN(c3nc(N)nc4nc[nH]c34)CC2)no1. The molecule has 1 aliphatic rings. The van der Waals surface area contributed by atoms with E-state index in [9.17, 15) is 4.79 Å². The van der Waals surface area contributed by atoms with Crippen molar-refractivity contribution in [2.75, 3.05) is 36.8 Å². The monoisotopic (exact) mass is 342 g/mol. The lowest BCUT2D eigenvalue weighted by Crippen LogP contribution is -2.35. The Labute approximate surface area is 143 Å². The molecule has 0 aliphatic carbocycles. The van der Waals surface area contributed by atoms with Crippen molar-refractivity contribution >= 4 is 28.8 Å². The number of anilines is 2. The van der Waals surface area contributed by atoms with Crippen molar-refractivity contribution in [3.05, 3.63) is 23.8 Å².